The van der Waals surface area contributed by atoms with Crippen LogP contribution in [-0.4, -0.2) is 22.8 Å². The minimum Gasteiger partial charge on any atom is -0.489 e. The van der Waals surface area contributed by atoms with E-state index in [1.807, 2.05) is 30.3 Å². The zero-order valence-corrected chi connectivity index (χ0v) is 23.4. The van der Waals surface area contributed by atoms with Crippen molar-refractivity contribution >= 4 is 51.2 Å². The molecule has 210 valence electrons. The van der Waals surface area contributed by atoms with Crippen LogP contribution in [0.25, 0.3) is 6.08 Å². The fourth-order valence-corrected chi connectivity index (χ4v) is 4.60. The Morgan fingerprint density at radius 2 is 1.50 bits per heavy atom. The zero-order chi connectivity index (χ0) is 29.6. The second-order valence-corrected chi connectivity index (χ2v) is 9.98. The molecule has 0 radical (unpaired) electrons. The Bertz CT molecular complexity index is 1690. The molecule has 4 aromatic rings. The van der Waals surface area contributed by atoms with Crippen LogP contribution in [0.4, 0.5) is 16.2 Å². The molecule has 0 saturated carbocycles. The summed E-state index contributed by atoms with van der Waals surface area (Å²) >= 11 is 3.43. The summed E-state index contributed by atoms with van der Waals surface area (Å²) in [5.41, 5.74) is 2.30. The van der Waals surface area contributed by atoms with Crippen LogP contribution in [0, 0.1) is 10.1 Å². The van der Waals surface area contributed by atoms with Crippen molar-refractivity contribution in [3.05, 3.63) is 134 Å². The second kappa shape index (κ2) is 12.5. The average Bonchev–Trinajstić information content (AvgIpc) is 2.99. The molecule has 0 bridgehead atoms. The van der Waals surface area contributed by atoms with Gasteiger partial charge in [0.05, 0.1) is 15.1 Å². The van der Waals surface area contributed by atoms with Crippen LogP contribution in [0.2, 0.25) is 0 Å². The Morgan fingerprint density at radius 1 is 0.833 bits per heavy atom. The lowest BCUT2D eigenvalue weighted by Crippen LogP contribution is -2.54. The van der Waals surface area contributed by atoms with Gasteiger partial charge in [0, 0.05) is 12.1 Å². The van der Waals surface area contributed by atoms with Crippen LogP contribution >= 0.6 is 15.9 Å². The lowest BCUT2D eigenvalue weighted by molar-refractivity contribution is -0.384. The molecular formula is C31H22BrN3O7. The number of rotatable bonds is 9. The molecule has 42 heavy (non-hydrogen) atoms. The molecule has 1 aliphatic heterocycles. The maximum atomic E-state index is 13.3. The molecule has 4 aromatic carbocycles. The number of carbonyl (C=O) groups is 3. The minimum absolute atomic E-state index is 0.0104. The molecule has 0 spiro atoms. The highest BCUT2D eigenvalue weighted by atomic mass is 79.9. The van der Waals surface area contributed by atoms with E-state index in [1.165, 1.54) is 18.2 Å². The van der Waals surface area contributed by atoms with Crippen LogP contribution in [0.15, 0.2) is 107 Å². The highest BCUT2D eigenvalue weighted by Crippen LogP contribution is 2.29. The third-order valence-corrected chi connectivity index (χ3v) is 6.87. The van der Waals surface area contributed by atoms with Gasteiger partial charge < -0.3 is 9.47 Å². The molecule has 1 saturated heterocycles. The number of nitro groups is 1. The number of urea groups is 1. The van der Waals surface area contributed by atoms with Crippen LogP contribution in [0.1, 0.15) is 16.7 Å². The molecule has 1 fully saturated rings. The molecule has 0 aromatic heterocycles. The first-order chi connectivity index (χ1) is 20.3. The number of non-ortho nitro benzene ring substituents is 1. The van der Waals surface area contributed by atoms with Gasteiger partial charge in [-0.15, -0.1) is 0 Å². The summed E-state index contributed by atoms with van der Waals surface area (Å²) in [5, 5.41) is 13.0. The average molecular weight is 628 g/mol. The zero-order valence-electron chi connectivity index (χ0n) is 21.9. The number of ether oxygens (including phenoxy) is 2. The number of hydrogen-bond acceptors (Lipinski definition) is 7. The number of amides is 4. The standard InChI is InChI=1S/C31H22BrN3O7/c32-27-17-22(8-15-28(27)42-19-21-6-9-24(10-7-21)35(39)40)16-26-29(36)33-31(38)34(30(26)37)23-11-13-25(14-12-23)41-18-20-4-2-1-3-5-20/h1-17H,18-19H2,(H,33,36,38)/b26-16+. The first-order valence-corrected chi connectivity index (χ1v) is 13.4. The molecular weight excluding hydrogens is 606 g/mol. The van der Waals surface area contributed by atoms with Gasteiger partial charge >= 0.3 is 6.03 Å². The highest BCUT2D eigenvalue weighted by molar-refractivity contribution is 9.10. The van der Waals surface area contributed by atoms with E-state index in [2.05, 4.69) is 21.2 Å². The van der Waals surface area contributed by atoms with Crippen LogP contribution in [-0.2, 0) is 22.8 Å². The largest absolute Gasteiger partial charge is 0.489 e. The number of nitrogens with one attached hydrogen (secondary N) is 1. The molecule has 1 N–H and O–H groups in total. The third-order valence-electron chi connectivity index (χ3n) is 6.25. The summed E-state index contributed by atoms with van der Waals surface area (Å²) in [7, 11) is 0. The fourth-order valence-electron chi connectivity index (χ4n) is 4.09. The first kappa shape index (κ1) is 28.2. The van der Waals surface area contributed by atoms with Crippen molar-refractivity contribution in [3.63, 3.8) is 0 Å². The van der Waals surface area contributed by atoms with Crippen molar-refractivity contribution in [2.75, 3.05) is 4.90 Å². The topological polar surface area (TPSA) is 128 Å². The summed E-state index contributed by atoms with van der Waals surface area (Å²) in [4.78, 5) is 49.7. The molecule has 0 atom stereocenters. The van der Waals surface area contributed by atoms with Crippen molar-refractivity contribution in [1.82, 2.24) is 5.32 Å². The number of carbonyl (C=O) groups excluding carboxylic acids is 3. The Kier molecular flexibility index (Phi) is 8.39. The second-order valence-electron chi connectivity index (χ2n) is 9.13. The van der Waals surface area contributed by atoms with Gasteiger partial charge in [0.1, 0.15) is 30.3 Å². The quantitative estimate of drug-likeness (QED) is 0.101. The van der Waals surface area contributed by atoms with Gasteiger partial charge in [-0.3, -0.25) is 25.0 Å². The van der Waals surface area contributed by atoms with E-state index in [1.54, 1.807) is 54.6 Å². The number of nitrogens with zero attached hydrogens (tertiary/aromatic N) is 2. The van der Waals surface area contributed by atoms with Crippen molar-refractivity contribution < 1.29 is 28.8 Å². The van der Waals surface area contributed by atoms with Crippen molar-refractivity contribution in [2.24, 2.45) is 0 Å². The SMILES string of the molecule is O=C1NC(=O)N(c2ccc(OCc3ccccc3)cc2)C(=O)/C1=C/c1ccc(OCc2ccc([N+](=O)[O-])cc2)c(Br)c1. The Labute approximate surface area is 248 Å². The molecule has 10 nitrogen and oxygen atoms in total. The maximum absolute atomic E-state index is 13.3. The van der Waals surface area contributed by atoms with Gasteiger partial charge in [-0.25, -0.2) is 9.69 Å². The van der Waals surface area contributed by atoms with E-state index in [-0.39, 0.29) is 23.6 Å². The Hall–Kier alpha value is -5.29. The van der Waals surface area contributed by atoms with Crippen molar-refractivity contribution in [2.45, 2.75) is 13.2 Å². The van der Waals surface area contributed by atoms with Crippen molar-refractivity contribution in [1.29, 1.82) is 0 Å². The minimum atomic E-state index is -0.851. The summed E-state index contributed by atoms with van der Waals surface area (Å²) in [6.07, 6.45) is 1.39. The number of hydrogen-bond donors (Lipinski definition) is 1. The summed E-state index contributed by atoms with van der Waals surface area (Å²) < 4.78 is 12.1. The van der Waals surface area contributed by atoms with E-state index in [4.69, 9.17) is 9.47 Å². The van der Waals surface area contributed by atoms with Gasteiger partial charge in [-0.05, 0) is 87.2 Å². The summed E-state index contributed by atoms with van der Waals surface area (Å²) in [6.45, 7) is 0.534. The van der Waals surface area contributed by atoms with Crippen LogP contribution in [0.5, 0.6) is 11.5 Å². The van der Waals surface area contributed by atoms with Gasteiger partial charge in [-0.2, -0.15) is 0 Å². The Balaban J connectivity index is 1.27. The van der Waals surface area contributed by atoms with E-state index in [0.717, 1.165) is 16.0 Å². The summed E-state index contributed by atoms with van der Waals surface area (Å²) in [5.74, 6) is -0.531. The number of nitro benzene ring substituents is 1. The van der Waals surface area contributed by atoms with Crippen LogP contribution < -0.4 is 19.7 Å². The number of imide groups is 2. The highest BCUT2D eigenvalue weighted by Gasteiger charge is 2.36. The van der Waals surface area contributed by atoms with E-state index < -0.39 is 22.8 Å². The van der Waals surface area contributed by atoms with Crippen molar-refractivity contribution in [3.8, 4) is 11.5 Å². The number of barbiturate groups is 1. The maximum Gasteiger partial charge on any atom is 0.335 e. The first-order valence-electron chi connectivity index (χ1n) is 12.6. The molecule has 11 heteroatoms. The number of benzene rings is 4. The van der Waals surface area contributed by atoms with E-state index in [9.17, 15) is 24.5 Å². The van der Waals surface area contributed by atoms with Gasteiger partial charge in [0.25, 0.3) is 17.5 Å². The van der Waals surface area contributed by atoms with Gasteiger partial charge in [0.2, 0.25) is 0 Å². The van der Waals surface area contributed by atoms with Gasteiger partial charge in [-0.1, -0.05) is 36.4 Å². The lowest BCUT2D eigenvalue weighted by atomic mass is 10.1. The lowest BCUT2D eigenvalue weighted by Gasteiger charge is -2.26. The predicted molar refractivity (Wildman–Crippen MR) is 158 cm³/mol. The number of anilines is 1. The predicted octanol–water partition coefficient (Wildman–Crippen LogP) is 6.18. The van der Waals surface area contributed by atoms with E-state index in [0.29, 0.717) is 28.1 Å². The third kappa shape index (κ3) is 6.53. The molecule has 0 unspecified atom stereocenters. The normalized spacial score (nSPS) is 14.1. The molecule has 1 heterocycles. The molecule has 0 aliphatic carbocycles. The summed E-state index contributed by atoms with van der Waals surface area (Å²) in [6, 6.07) is 26.2. The van der Waals surface area contributed by atoms with Crippen LogP contribution in [0.3, 0.4) is 0 Å². The monoisotopic (exact) mass is 627 g/mol. The number of halogens is 1. The smallest absolute Gasteiger partial charge is 0.335 e. The molecule has 1 aliphatic rings. The molecule has 5 rings (SSSR count). The van der Waals surface area contributed by atoms with Gasteiger partial charge in [0.15, 0.2) is 0 Å². The molecule has 4 amide bonds. The fraction of sp³-hybridized carbons (Fsp3) is 0.0645. The Morgan fingerprint density at radius 3 is 2.17 bits per heavy atom. The van der Waals surface area contributed by atoms with E-state index >= 15 is 0 Å².